The van der Waals surface area contributed by atoms with E-state index in [2.05, 4.69) is 33.6 Å². The van der Waals surface area contributed by atoms with Gasteiger partial charge in [-0.1, -0.05) is 13.8 Å². The first kappa shape index (κ1) is 11.8. The number of fused-ring (bicyclic) bond motifs is 1. The number of nitrogens with zero attached hydrogens (tertiary/aromatic N) is 4. The third kappa shape index (κ3) is 2.07. The molecule has 3 aromatic heterocycles. The van der Waals surface area contributed by atoms with E-state index in [-0.39, 0.29) is 0 Å². The van der Waals surface area contributed by atoms with Crippen molar-refractivity contribution >= 4 is 17.0 Å². The van der Waals surface area contributed by atoms with Crippen LogP contribution in [0.5, 0.6) is 0 Å². The highest BCUT2D eigenvalue weighted by molar-refractivity contribution is 5.73. The molecule has 0 bridgehead atoms. The lowest BCUT2D eigenvalue weighted by molar-refractivity contribution is 0.768. The molecular weight excluding hydrogens is 238 g/mol. The number of pyridine rings is 1. The van der Waals surface area contributed by atoms with E-state index < -0.39 is 0 Å². The molecular formula is C14H17N5. The standard InChI is InChI=1S/C14H17N5/c1-10(2)13-8-15-14-12(5-4-6-19(13)14)17-11-7-16-18(3)9-11/h4-10,17H,1-3H3. The van der Waals surface area contributed by atoms with Crippen molar-refractivity contribution in [3.63, 3.8) is 0 Å². The molecule has 0 saturated carbocycles. The second-order valence-electron chi connectivity index (χ2n) is 4.98. The Balaban J connectivity index is 2.04. The van der Waals surface area contributed by atoms with Crippen LogP contribution in [0.15, 0.2) is 36.9 Å². The minimum Gasteiger partial charge on any atom is -0.350 e. The molecule has 0 aliphatic rings. The molecule has 0 aromatic carbocycles. The fourth-order valence-corrected chi connectivity index (χ4v) is 2.20. The smallest absolute Gasteiger partial charge is 0.160 e. The number of anilines is 2. The third-order valence-corrected chi connectivity index (χ3v) is 3.14. The summed E-state index contributed by atoms with van der Waals surface area (Å²) in [5.74, 6) is 0.448. The van der Waals surface area contributed by atoms with Crippen LogP contribution in [0.25, 0.3) is 5.65 Å². The summed E-state index contributed by atoms with van der Waals surface area (Å²) in [7, 11) is 1.90. The van der Waals surface area contributed by atoms with Crippen LogP contribution >= 0.6 is 0 Å². The monoisotopic (exact) mass is 255 g/mol. The second kappa shape index (κ2) is 4.42. The lowest BCUT2D eigenvalue weighted by Gasteiger charge is -2.08. The highest BCUT2D eigenvalue weighted by Gasteiger charge is 2.10. The summed E-state index contributed by atoms with van der Waals surface area (Å²) < 4.78 is 3.90. The van der Waals surface area contributed by atoms with E-state index in [1.165, 1.54) is 5.69 Å². The van der Waals surface area contributed by atoms with Gasteiger partial charge in [0.2, 0.25) is 0 Å². The zero-order valence-electron chi connectivity index (χ0n) is 11.3. The second-order valence-corrected chi connectivity index (χ2v) is 4.98. The highest BCUT2D eigenvalue weighted by atomic mass is 15.3. The molecule has 0 saturated heterocycles. The first-order valence-corrected chi connectivity index (χ1v) is 6.37. The number of aromatic nitrogens is 4. The van der Waals surface area contributed by atoms with Gasteiger partial charge in [0.25, 0.3) is 0 Å². The minimum absolute atomic E-state index is 0.448. The van der Waals surface area contributed by atoms with Crippen molar-refractivity contribution in [2.24, 2.45) is 7.05 Å². The zero-order valence-corrected chi connectivity index (χ0v) is 11.3. The minimum atomic E-state index is 0.448. The van der Waals surface area contributed by atoms with Gasteiger partial charge in [-0.15, -0.1) is 0 Å². The summed E-state index contributed by atoms with van der Waals surface area (Å²) in [6.45, 7) is 4.34. The van der Waals surface area contributed by atoms with Crippen LogP contribution in [0.1, 0.15) is 25.5 Å². The van der Waals surface area contributed by atoms with Gasteiger partial charge in [0, 0.05) is 31.3 Å². The number of aryl methyl sites for hydroxylation is 1. The van der Waals surface area contributed by atoms with Crippen molar-refractivity contribution in [2.75, 3.05) is 5.32 Å². The Morgan fingerprint density at radius 1 is 1.26 bits per heavy atom. The van der Waals surface area contributed by atoms with E-state index in [0.717, 1.165) is 17.0 Å². The summed E-state index contributed by atoms with van der Waals surface area (Å²) in [6, 6.07) is 4.05. The van der Waals surface area contributed by atoms with E-state index in [9.17, 15) is 0 Å². The summed E-state index contributed by atoms with van der Waals surface area (Å²) in [5.41, 5.74) is 4.10. The molecule has 3 rings (SSSR count). The molecule has 0 fully saturated rings. The third-order valence-electron chi connectivity index (χ3n) is 3.14. The topological polar surface area (TPSA) is 47.2 Å². The average molecular weight is 255 g/mol. The van der Waals surface area contributed by atoms with E-state index in [0.29, 0.717) is 5.92 Å². The summed E-state index contributed by atoms with van der Waals surface area (Å²) in [5, 5.41) is 7.51. The largest absolute Gasteiger partial charge is 0.350 e. The Bertz CT molecular complexity index is 708. The predicted octanol–water partition coefficient (Wildman–Crippen LogP) is 2.93. The van der Waals surface area contributed by atoms with Gasteiger partial charge in [0.1, 0.15) is 0 Å². The van der Waals surface area contributed by atoms with Crippen LogP contribution in [0.3, 0.4) is 0 Å². The molecule has 0 atom stereocenters. The van der Waals surface area contributed by atoms with Crippen LogP contribution in [0.2, 0.25) is 0 Å². The van der Waals surface area contributed by atoms with Gasteiger partial charge in [0.05, 0.1) is 17.6 Å². The van der Waals surface area contributed by atoms with E-state index in [1.54, 1.807) is 10.9 Å². The lowest BCUT2D eigenvalue weighted by Crippen LogP contribution is -1.97. The van der Waals surface area contributed by atoms with Crippen molar-refractivity contribution in [2.45, 2.75) is 19.8 Å². The Morgan fingerprint density at radius 2 is 2.11 bits per heavy atom. The lowest BCUT2D eigenvalue weighted by atomic mass is 10.1. The molecule has 0 spiro atoms. The summed E-state index contributed by atoms with van der Waals surface area (Å²) >= 11 is 0. The zero-order chi connectivity index (χ0) is 13.4. The molecule has 0 aliphatic carbocycles. The molecule has 3 heterocycles. The maximum atomic E-state index is 4.52. The Labute approximate surface area is 111 Å². The number of hydrogen-bond acceptors (Lipinski definition) is 3. The molecule has 0 unspecified atom stereocenters. The van der Waals surface area contributed by atoms with Crippen LogP contribution in [0, 0.1) is 0 Å². The van der Waals surface area contributed by atoms with Crippen LogP contribution in [0.4, 0.5) is 11.4 Å². The Morgan fingerprint density at radius 3 is 2.79 bits per heavy atom. The molecule has 98 valence electrons. The van der Waals surface area contributed by atoms with Gasteiger partial charge in [-0.3, -0.25) is 4.68 Å². The van der Waals surface area contributed by atoms with Crippen LogP contribution in [-0.4, -0.2) is 19.2 Å². The SMILES string of the molecule is CC(C)c1cnc2c(Nc3cnn(C)c3)cccn12. The summed E-state index contributed by atoms with van der Waals surface area (Å²) in [4.78, 5) is 4.52. The molecule has 0 aliphatic heterocycles. The van der Waals surface area contributed by atoms with E-state index in [4.69, 9.17) is 0 Å². The number of imidazole rings is 1. The maximum absolute atomic E-state index is 4.52. The first-order valence-electron chi connectivity index (χ1n) is 6.37. The maximum Gasteiger partial charge on any atom is 0.160 e. The van der Waals surface area contributed by atoms with Crippen molar-refractivity contribution in [3.05, 3.63) is 42.6 Å². The van der Waals surface area contributed by atoms with Gasteiger partial charge in [-0.05, 0) is 18.1 Å². The van der Waals surface area contributed by atoms with Gasteiger partial charge < -0.3 is 9.72 Å². The Kier molecular flexibility index (Phi) is 2.74. The predicted molar refractivity (Wildman–Crippen MR) is 75.8 cm³/mol. The molecule has 19 heavy (non-hydrogen) atoms. The van der Waals surface area contributed by atoms with Gasteiger partial charge in [-0.2, -0.15) is 5.10 Å². The normalized spacial score (nSPS) is 11.4. The molecule has 1 N–H and O–H groups in total. The highest BCUT2D eigenvalue weighted by Crippen LogP contribution is 2.24. The summed E-state index contributed by atoms with van der Waals surface area (Å²) in [6.07, 6.45) is 7.73. The number of nitrogens with one attached hydrogen (secondary N) is 1. The van der Waals surface area contributed by atoms with Crippen molar-refractivity contribution in [1.82, 2.24) is 19.2 Å². The quantitative estimate of drug-likeness (QED) is 0.782. The van der Waals surface area contributed by atoms with Gasteiger partial charge in [-0.25, -0.2) is 4.98 Å². The van der Waals surface area contributed by atoms with Crippen LogP contribution < -0.4 is 5.32 Å². The average Bonchev–Trinajstić information content (AvgIpc) is 2.96. The molecule has 5 heteroatoms. The Hall–Kier alpha value is -2.30. The molecule has 5 nitrogen and oxygen atoms in total. The first-order chi connectivity index (χ1) is 9.15. The van der Waals surface area contributed by atoms with Crippen molar-refractivity contribution in [3.8, 4) is 0 Å². The fourth-order valence-electron chi connectivity index (χ4n) is 2.20. The van der Waals surface area contributed by atoms with Crippen LogP contribution in [-0.2, 0) is 7.05 Å². The van der Waals surface area contributed by atoms with Gasteiger partial charge in [0.15, 0.2) is 5.65 Å². The fraction of sp³-hybridized carbons (Fsp3) is 0.286. The van der Waals surface area contributed by atoms with E-state index in [1.807, 2.05) is 37.8 Å². The molecule has 0 amide bonds. The number of hydrogen-bond donors (Lipinski definition) is 1. The molecule has 3 aromatic rings. The van der Waals surface area contributed by atoms with Crippen molar-refractivity contribution < 1.29 is 0 Å². The number of rotatable bonds is 3. The van der Waals surface area contributed by atoms with Gasteiger partial charge >= 0.3 is 0 Å². The van der Waals surface area contributed by atoms with Crippen molar-refractivity contribution in [1.29, 1.82) is 0 Å². The van der Waals surface area contributed by atoms with E-state index >= 15 is 0 Å². The molecule has 0 radical (unpaired) electrons.